The highest BCUT2D eigenvalue weighted by Gasteiger charge is 2.52. The number of hydrogen-bond acceptors (Lipinski definition) is 4. The molecular formula is C23H26FN3O4. The predicted octanol–water partition coefficient (Wildman–Crippen LogP) is 2.96. The van der Waals surface area contributed by atoms with Crippen LogP contribution in [-0.2, 0) is 15.1 Å². The minimum atomic E-state index is -1.29. The topological polar surface area (TPSA) is 87.7 Å². The van der Waals surface area contributed by atoms with Gasteiger partial charge in [-0.05, 0) is 36.2 Å². The molecule has 0 aromatic heterocycles. The van der Waals surface area contributed by atoms with Gasteiger partial charge in [0.05, 0.1) is 6.54 Å². The highest BCUT2D eigenvalue weighted by Crippen LogP contribution is 2.34. The minimum absolute atomic E-state index is 0.232. The zero-order valence-electron chi connectivity index (χ0n) is 17.4. The molecule has 0 aliphatic carbocycles. The molecule has 0 bridgehead atoms. The van der Waals surface area contributed by atoms with Crippen LogP contribution in [0, 0.1) is 5.82 Å². The SMILES string of the molecule is CCCCC1(c2ccc(F)cc2)NC(=O)N(CC(=O)NCCOc2ccccc2)C1=O. The number of amides is 4. The maximum atomic E-state index is 13.4. The molecule has 3 rings (SSSR count). The van der Waals surface area contributed by atoms with Crippen molar-refractivity contribution < 1.29 is 23.5 Å². The van der Waals surface area contributed by atoms with Crippen LogP contribution in [-0.4, -0.2) is 42.4 Å². The largest absolute Gasteiger partial charge is 0.492 e. The van der Waals surface area contributed by atoms with E-state index in [0.29, 0.717) is 24.2 Å². The average Bonchev–Trinajstić information content (AvgIpc) is 3.01. The third kappa shape index (κ3) is 5.20. The third-order valence-corrected chi connectivity index (χ3v) is 5.16. The van der Waals surface area contributed by atoms with Crippen molar-refractivity contribution in [1.82, 2.24) is 15.5 Å². The van der Waals surface area contributed by atoms with E-state index in [1.165, 1.54) is 24.3 Å². The molecule has 0 radical (unpaired) electrons. The van der Waals surface area contributed by atoms with E-state index in [0.717, 1.165) is 11.3 Å². The number of rotatable bonds is 10. The van der Waals surface area contributed by atoms with E-state index in [1.807, 2.05) is 25.1 Å². The summed E-state index contributed by atoms with van der Waals surface area (Å²) < 4.78 is 18.9. The van der Waals surface area contributed by atoms with Gasteiger partial charge in [-0.15, -0.1) is 0 Å². The van der Waals surface area contributed by atoms with Gasteiger partial charge in [-0.1, -0.05) is 50.1 Å². The summed E-state index contributed by atoms with van der Waals surface area (Å²) in [5.74, 6) is -0.718. The van der Waals surface area contributed by atoms with Crippen LogP contribution in [0.1, 0.15) is 31.7 Å². The van der Waals surface area contributed by atoms with Crippen molar-refractivity contribution in [3.05, 3.63) is 66.0 Å². The molecule has 0 saturated carbocycles. The molecule has 0 spiro atoms. The fourth-order valence-corrected chi connectivity index (χ4v) is 3.53. The maximum absolute atomic E-state index is 13.4. The van der Waals surface area contributed by atoms with Gasteiger partial charge in [-0.3, -0.25) is 14.5 Å². The van der Waals surface area contributed by atoms with Crippen molar-refractivity contribution in [3.63, 3.8) is 0 Å². The van der Waals surface area contributed by atoms with Crippen molar-refractivity contribution >= 4 is 17.8 Å². The number of para-hydroxylation sites is 1. The monoisotopic (exact) mass is 427 g/mol. The van der Waals surface area contributed by atoms with Crippen molar-refractivity contribution in [1.29, 1.82) is 0 Å². The molecule has 2 aromatic rings. The molecule has 1 unspecified atom stereocenters. The van der Waals surface area contributed by atoms with Crippen LogP contribution in [0.4, 0.5) is 9.18 Å². The Balaban J connectivity index is 1.62. The number of halogens is 1. The molecule has 1 heterocycles. The number of carbonyl (C=O) groups excluding carboxylic acids is 3. The molecule has 31 heavy (non-hydrogen) atoms. The van der Waals surface area contributed by atoms with Crippen molar-refractivity contribution in [3.8, 4) is 5.75 Å². The van der Waals surface area contributed by atoms with Crippen LogP contribution in [0.5, 0.6) is 5.75 Å². The van der Waals surface area contributed by atoms with Gasteiger partial charge < -0.3 is 15.4 Å². The zero-order valence-corrected chi connectivity index (χ0v) is 17.4. The van der Waals surface area contributed by atoms with Crippen LogP contribution in [0.25, 0.3) is 0 Å². The highest BCUT2D eigenvalue weighted by atomic mass is 19.1. The molecule has 8 heteroatoms. The van der Waals surface area contributed by atoms with Crippen LogP contribution in [0.15, 0.2) is 54.6 Å². The van der Waals surface area contributed by atoms with Gasteiger partial charge in [-0.25, -0.2) is 9.18 Å². The fraction of sp³-hybridized carbons (Fsp3) is 0.348. The highest BCUT2D eigenvalue weighted by molar-refractivity contribution is 6.09. The van der Waals surface area contributed by atoms with Gasteiger partial charge in [0, 0.05) is 0 Å². The van der Waals surface area contributed by atoms with E-state index < -0.39 is 35.7 Å². The summed E-state index contributed by atoms with van der Waals surface area (Å²) in [6.07, 6.45) is 1.86. The number of nitrogens with zero attached hydrogens (tertiary/aromatic N) is 1. The number of benzene rings is 2. The normalized spacial score (nSPS) is 18.1. The first-order chi connectivity index (χ1) is 15.0. The van der Waals surface area contributed by atoms with Crippen LogP contribution >= 0.6 is 0 Å². The molecule has 2 N–H and O–H groups in total. The number of ether oxygens (including phenoxy) is 1. The molecule has 1 fully saturated rings. The lowest BCUT2D eigenvalue weighted by atomic mass is 9.85. The molecule has 4 amide bonds. The Morgan fingerprint density at radius 1 is 1.13 bits per heavy atom. The zero-order chi connectivity index (χ0) is 22.3. The van der Waals surface area contributed by atoms with Crippen molar-refractivity contribution in [2.75, 3.05) is 19.7 Å². The number of urea groups is 1. The molecule has 2 aromatic carbocycles. The first-order valence-electron chi connectivity index (χ1n) is 10.3. The molecule has 1 aliphatic heterocycles. The Bertz CT molecular complexity index is 920. The Hall–Kier alpha value is -3.42. The Labute approximate surface area is 180 Å². The van der Waals surface area contributed by atoms with E-state index in [4.69, 9.17) is 4.74 Å². The van der Waals surface area contributed by atoms with Crippen LogP contribution < -0.4 is 15.4 Å². The number of nitrogens with one attached hydrogen (secondary N) is 2. The molecule has 164 valence electrons. The molecule has 1 atom stereocenters. The number of imide groups is 1. The minimum Gasteiger partial charge on any atom is -0.492 e. The summed E-state index contributed by atoms with van der Waals surface area (Å²) in [5.41, 5.74) is -0.794. The Kier molecular flexibility index (Phi) is 7.23. The van der Waals surface area contributed by atoms with Gasteiger partial charge in [0.25, 0.3) is 5.91 Å². The average molecular weight is 427 g/mol. The number of carbonyl (C=O) groups is 3. The smallest absolute Gasteiger partial charge is 0.325 e. The fourth-order valence-electron chi connectivity index (χ4n) is 3.53. The van der Waals surface area contributed by atoms with Gasteiger partial charge in [0.2, 0.25) is 5.91 Å². The second-order valence-electron chi connectivity index (χ2n) is 7.35. The number of hydrogen-bond donors (Lipinski definition) is 2. The van der Waals surface area contributed by atoms with E-state index >= 15 is 0 Å². The summed E-state index contributed by atoms with van der Waals surface area (Å²) in [5, 5.41) is 5.39. The van der Waals surface area contributed by atoms with Gasteiger partial charge in [0.15, 0.2) is 0 Å². The van der Waals surface area contributed by atoms with Gasteiger partial charge in [-0.2, -0.15) is 0 Å². The molecular weight excluding hydrogens is 401 g/mol. The summed E-state index contributed by atoms with van der Waals surface area (Å²) in [6.45, 7) is 2.07. The molecule has 7 nitrogen and oxygen atoms in total. The third-order valence-electron chi connectivity index (χ3n) is 5.16. The van der Waals surface area contributed by atoms with E-state index in [2.05, 4.69) is 10.6 Å². The van der Waals surface area contributed by atoms with E-state index in [9.17, 15) is 18.8 Å². The van der Waals surface area contributed by atoms with Crippen LogP contribution in [0.2, 0.25) is 0 Å². The van der Waals surface area contributed by atoms with Gasteiger partial charge in [0.1, 0.15) is 30.3 Å². The first-order valence-corrected chi connectivity index (χ1v) is 10.3. The lowest BCUT2D eigenvalue weighted by molar-refractivity contribution is -0.135. The summed E-state index contributed by atoms with van der Waals surface area (Å²) in [6, 6.07) is 14.0. The van der Waals surface area contributed by atoms with Crippen molar-refractivity contribution in [2.45, 2.75) is 31.7 Å². The second-order valence-corrected chi connectivity index (χ2v) is 7.35. The molecule has 1 saturated heterocycles. The quantitative estimate of drug-likeness (QED) is 0.451. The van der Waals surface area contributed by atoms with Gasteiger partial charge >= 0.3 is 6.03 Å². The lowest BCUT2D eigenvalue weighted by Crippen LogP contribution is -2.45. The standard InChI is InChI=1S/C23H26FN3O4/c1-2-3-13-23(17-9-11-18(24)12-10-17)21(29)27(22(30)26-23)16-20(28)25-14-15-31-19-7-5-4-6-8-19/h4-12H,2-3,13-16H2,1H3,(H,25,28)(H,26,30). The predicted molar refractivity (Wildman–Crippen MR) is 113 cm³/mol. The van der Waals surface area contributed by atoms with E-state index in [1.54, 1.807) is 12.1 Å². The first kappa shape index (κ1) is 22.3. The lowest BCUT2D eigenvalue weighted by Gasteiger charge is -2.27. The maximum Gasteiger partial charge on any atom is 0.325 e. The summed E-state index contributed by atoms with van der Waals surface area (Å²) in [4.78, 5) is 39.0. The van der Waals surface area contributed by atoms with Crippen LogP contribution in [0.3, 0.4) is 0 Å². The van der Waals surface area contributed by atoms with Crippen molar-refractivity contribution in [2.24, 2.45) is 0 Å². The van der Waals surface area contributed by atoms with E-state index in [-0.39, 0.29) is 13.2 Å². The summed E-state index contributed by atoms with van der Waals surface area (Å²) >= 11 is 0. The Morgan fingerprint density at radius 2 is 1.84 bits per heavy atom. The second kappa shape index (κ2) is 10.1. The summed E-state index contributed by atoms with van der Waals surface area (Å²) in [7, 11) is 0. The Morgan fingerprint density at radius 3 is 2.52 bits per heavy atom. The molecule has 1 aliphatic rings. The number of unbranched alkanes of at least 4 members (excludes halogenated alkanes) is 1.